The SMILES string of the molecule is c1ccc(-n2c3ccccc3c3cnc4c5ncccc5n(-c5ccc6[nH]c7ccccc7c6c5)c4c32)cc1. The van der Waals surface area contributed by atoms with E-state index in [1.165, 1.54) is 16.2 Å². The fraction of sp³-hybridized carbons (Fsp3) is 0. The van der Waals surface area contributed by atoms with Gasteiger partial charge in [0.25, 0.3) is 0 Å². The highest BCUT2D eigenvalue weighted by molar-refractivity contribution is 6.21. The Kier molecular flexibility index (Phi) is 3.99. The van der Waals surface area contributed by atoms with E-state index in [1.54, 1.807) is 0 Å². The van der Waals surface area contributed by atoms with Gasteiger partial charge in [-0.2, -0.15) is 0 Å². The molecule has 0 bridgehead atoms. The zero-order valence-corrected chi connectivity index (χ0v) is 20.8. The van der Waals surface area contributed by atoms with Gasteiger partial charge in [-0.15, -0.1) is 0 Å². The van der Waals surface area contributed by atoms with Crippen LogP contribution in [0.1, 0.15) is 0 Å². The van der Waals surface area contributed by atoms with Gasteiger partial charge in [0.1, 0.15) is 11.0 Å². The maximum Gasteiger partial charge on any atom is 0.117 e. The van der Waals surface area contributed by atoms with Crippen LogP contribution in [0.5, 0.6) is 0 Å². The third-order valence-corrected chi connectivity index (χ3v) is 7.92. The summed E-state index contributed by atoms with van der Waals surface area (Å²) in [6.45, 7) is 0. The fourth-order valence-corrected chi connectivity index (χ4v) is 6.29. The molecule has 0 aliphatic heterocycles. The van der Waals surface area contributed by atoms with Gasteiger partial charge in [-0.05, 0) is 54.6 Å². The van der Waals surface area contributed by atoms with E-state index in [-0.39, 0.29) is 0 Å². The molecule has 0 saturated heterocycles. The van der Waals surface area contributed by atoms with Crippen molar-refractivity contribution in [3.05, 3.63) is 122 Å². The maximum absolute atomic E-state index is 5.04. The Morgan fingerprint density at radius 1 is 0.487 bits per heavy atom. The number of aromatic nitrogens is 5. The molecule has 0 radical (unpaired) electrons. The molecule has 4 aromatic carbocycles. The lowest BCUT2D eigenvalue weighted by molar-refractivity contribution is 1.15. The zero-order chi connectivity index (χ0) is 25.5. The van der Waals surface area contributed by atoms with Crippen molar-refractivity contribution >= 4 is 65.7 Å². The molecule has 9 aromatic rings. The minimum Gasteiger partial charge on any atom is -0.355 e. The summed E-state index contributed by atoms with van der Waals surface area (Å²) in [5.74, 6) is 0. The van der Waals surface area contributed by atoms with Gasteiger partial charge in [-0.25, -0.2) is 0 Å². The standard InChI is InChI=1S/C34H21N5/c1-2-9-21(10-3-1)38-29-14-7-5-12-24(29)26-20-36-32-31-30(15-8-18-35-31)39(34(32)33(26)38)22-16-17-28-25(19-22)23-11-4-6-13-27(23)37-28/h1-20,37H. The van der Waals surface area contributed by atoms with Crippen LogP contribution in [0.3, 0.4) is 0 Å². The van der Waals surface area contributed by atoms with Crippen LogP contribution in [0, 0.1) is 0 Å². The number of benzene rings is 4. The van der Waals surface area contributed by atoms with E-state index < -0.39 is 0 Å². The summed E-state index contributed by atoms with van der Waals surface area (Å²) in [5.41, 5.74) is 10.6. The van der Waals surface area contributed by atoms with Crippen LogP contribution in [0.25, 0.3) is 77.1 Å². The molecule has 0 aliphatic rings. The minimum atomic E-state index is 0.900. The van der Waals surface area contributed by atoms with Gasteiger partial charge >= 0.3 is 0 Å². The lowest BCUT2D eigenvalue weighted by atomic mass is 10.1. The number of hydrogen-bond donors (Lipinski definition) is 1. The van der Waals surface area contributed by atoms with Gasteiger partial charge in [0.05, 0.1) is 22.1 Å². The molecule has 1 N–H and O–H groups in total. The Morgan fingerprint density at radius 3 is 2.15 bits per heavy atom. The summed E-state index contributed by atoms with van der Waals surface area (Å²) < 4.78 is 4.71. The van der Waals surface area contributed by atoms with Crippen LogP contribution in [0.4, 0.5) is 0 Å². The minimum absolute atomic E-state index is 0.900. The Balaban J connectivity index is 1.51. The molecular formula is C34H21N5. The van der Waals surface area contributed by atoms with Crippen molar-refractivity contribution in [2.24, 2.45) is 0 Å². The Morgan fingerprint density at radius 2 is 1.23 bits per heavy atom. The molecular weight excluding hydrogens is 478 g/mol. The predicted molar refractivity (Wildman–Crippen MR) is 160 cm³/mol. The molecule has 0 saturated carbocycles. The van der Waals surface area contributed by atoms with Gasteiger partial charge in [0.15, 0.2) is 0 Å². The summed E-state index contributed by atoms with van der Waals surface area (Å²) in [4.78, 5) is 13.4. The molecule has 5 nitrogen and oxygen atoms in total. The van der Waals surface area contributed by atoms with E-state index in [4.69, 9.17) is 9.97 Å². The summed E-state index contributed by atoms with van der Waals surface area (Å²) >= 11 is 0. The first-order valence-corrected chi connectivity index (χ1v) is 13.1. The fourth-order valence-electron chi connectivity index (χ4n) is 6.29. The van der Waals surface area contributed by atoms with Crippen LogP contribution in [-0.4, -0.2) is 24.1 Å². The second-order valence-electron chi connectivity index (χ2n) is 10.0. The van der Waals surface area contributed by atoms with Crippen LogP contribution < -0.4 is 0 Å². The zero-order valence-electron chi connectivity index (χ0n) is 20.8. The van der Waals surface area contributed by atoms with Gasteiger partial charge in [0, 0.05) is 56.3 Å². The number of nitrogens with zero attached hydrogens (tertiary/aromatic N) is 4. The van der Waals surface area contributed by atoms with Gasteiger partial charge in [-0.3, -0.25) is 9.97 Å². The van der Waals surface area contributed by atoms with Crippen molar-refractivity contribution in [3.63, 3.8) is 0 Å². The number of rotatable bonds is 2. The molecule has 182 valence electrons. The number of para-hydroxylation sites is 3. The van der Waals surface area contributed by atoms with Crippen LogP contribution >= 0.6 is 0 Å². The van der Waals surface area contributed by atoms with E-state index in [0.29, 0.717) is 0 Å². The van der Waals surface area contributed by atoms with Crippen molar-refractivity contribution in [1.82, 2.24) is 24.1 Å². The largest absolute Gasteiger partial charge is 0.355 e. The van der Waals surface area contributed by atoms with E-state index in [1.807, 2.05) is 18.5 Å². The molecule has 39 heavy (non-hydrogen) atoms. The van der Waals surface area contributed by atoms with E-state index in [0.717, 1.165) is 60.9 Å². The molecule has 0 atom stereocenters. The van der Waals surface area contributed by atoms with E-state index in [2.05, 4.69) is 117 Å². The van der Waals surface area contributed by atoms with E-state index in [9.17, 15) is 0 Å². The average Bonchev–Trinajstić information content (AvgIpc) is 3.65. The number of nitrogens with one attached hydrogen (secondary N) is 1. The van der Waals surface area contributed by atoms with Crippen molar-refractivity contribution in [2.75, 3.05) is 0 Å². The second kappa shape index (κ2) is 7.55. The topological polar surface area (TPSA) is 51.4 Å². The summed E-state index contributed by atoms with van der Waals surface area (Å²) in [5, 5.41) is 4.72. The van der Waals surface area contributed by atoms with Crippen LogP contribution in [-0.2, 0) is 0 Å². The Bertz CT molecular complexity index is 2390. The van der Waals surface area contributed by atoms with Crippen LogP contribution in [0.2, 0.25) is 0 Å². The molecule has 0 aliphatic carbocycles. The average molecular weight is 500 g/mol. The number of aromatic amines is 1. The molecule has 0 amide bonds. The maximum atomic E-state index is 5.04. The highest BCUT2D eigenvalue weighted by atomic mass is 15.1. The Hall–Kier alpha value is -5.42. The van der Waals surface area contributed by atoms with E-state index >= 15 is 0 Å². The third kappa shape index (κ3) is 2.73. The monoisotopic (exact) mass is 499 g/mol. The molecule has 5 aromatic heterocycles. The highest BCUT2D eigenvalue weighted by Gasteiger charge is 2.22. The number of pyridine rings is 2. The van der Waals surface area contributed by atoms with Crippen molar-refractivity contribution < 1.29 is 0 Å². The first-order valence-electron chi connectivity index (χ1n) is 13.1. The third-order valence-electron chi connectivity index (χ3n) is 7.92. The molecule has 5 heterocycles. The van der Waals surface area contributed by atoms with Crippen LogP contribution in [0.15, 0.2) is 122 Å². The Labute approximate surface area is 222 Å². The normalized spacial score (nSPS) is 12.1. The first kappa shape index (κ1) is 20.6. The number of hydrogen-bond acceptors (Lipinski definition) is 2. The molecule has 9 rings (SSSR count). The lowest BCUT2D eigenvalue weighted by Crippen LogP contribution is -1.99. The highest BCUT2D eigenvalue weighted by Crippen LogP contribution is 2.40. The second-order valence-corrected chi connectivity index (χ2v) is 10.0. The molecule has 0 unspecified atom stereocenters. The summed E-state index contributed by atoms with van der Waals surface area (Å²) in [7, 11) is 0. The molecule has 0 spiro atoms. The van der Waals surface area contributed by atoms with Gasteiger partial charge in [0.2, 0.25) is 0 Å². The predicted octanol–water partition coefficient (Wildman–Crippen LogP) is 8.31. The van der Waals surface area contributed by atoms with Crippen molar-refractivity contribution in [2.45, 2.75) is 0 Å². The quantitative estimate of drug-likeness (QED) is 0.260. The number of fused-ring (bicyclic) bond motifs is 10. The summed E-state index contributed by atoms with van der Waals surface area (Å²) in [6, 6.07) is 38.5. The smallest absolute Gasteiger partial charge is 0.117 e. The molecule has 0 fully saturated rings. The first-order chi connectivity index (χ1) is 19.4. The van der Waals surface area contributed by atoms with Crippen molar-refractivity contribution in [1.29, 1.82) is 0 Å². The summed E-state index contributed by atoms with van der Waals surface area (Å²) in [6.07, 6.45) is 3.87. The lowest BCUT2D eigenvalue weighted by Gasteiger charge is -2.12. The number of H-pyrrole nitrogens is 1. The van der Waals surface area contributed by atoms with Crippen molar-refractivity contribution in [3.8, 4) is 11.4 Å². The van der Waals surface area contributed by atoms with Gasteiger partial charge in [-0.1, -0.05) is 54.6 Å². The molecule has 5 heteroatoms. The van der Waals surface area contributed by atoms with Gasteiger partial charge < -0.3 is 14.1 Å².